The summed E-state index contributed by atoms with van der Waals surface area (Å²) < 4.78 is 2.12. The van der Waals surface area contributed by atoms with E-state index in [9.17, 15) is 0 Å². The Morgan fingerprint density at radius 1 is 0.366 bits per heavy atom. The third-order valence-corrected chi connectivity index (χ3v) is 7.28. The molecule has 3 aromatic heterocycles. The Morgan fingerprint density at radius 2 is 0.829 bits per heavy atom. The average Bonchev–Trinajstić information content (AvgIpc) is 3.39. The van der Waals surface area contributed by atoms with Crippen LogP contribution in [0.2, 0.25) is 0 Å². The van der Waals surface area contributed by atoms with E-state index in [1.54, 1.807) is 0 Å². The molecule has 0 fully saturated rings. The molecule has 0 amide bonds. The van der Waals surface area contributed by atoms with E-state index in [1.165, 1.54) is 0 Å². The van der Waals surface area contributed by atoms with E-state index >= 15 is 0 Å². The van der Waals surface area contributed by atoms with Gasteiger partial charge in [-0.25, -0.2) is 24.9 Å². The summed E-state index contributed by atoms with van der Waals surface area (Å²) in [6.45, 7) is 0. The lowest BCUT2D eigenvalue weighted by Gasteiger charge is -2.12. The summed E-state index contributed by atoms with van der Waals surface area (Å²) in [4.78, 5) is 25.0. The van der Waals surface area contributed by atoms with E-state index in [-0.39, 0.29) is 0 Å². The SMILES string of the molecule is c1ccc(-c2nc(-c3ccccc3)nc(-c3nc(-n4c5ccccc5c5ccccc54)nc4ccccc34)n2)cc1. The highest BCUT2D eigenvalue weighted by Gasteiger charge is 2.20. The second-order valence-electron chi connectivity index (χ2n) is 9.80. The van der Waals surface area contributed by atoms with Crippen LogP contribution in [0.4, 0.5) is 0 Å². The molecule has 0 saturated heterocycles. The first-order valence-corrected chi connectivity index (χ1v) is 13.5. The Hall–Kier alpha value is -5.75. The maximum atomic E-state index is 5.18. The lowest BCUT2D eigenvalue weighted by Crippen LogP contribution is -2.06. The van der Waals surface area contributed by atoms with Gasteiger partial charge < -0.3 is 0 Å². The van der Waals surface area contributed by atoms with Crippen molar-refractivity contribution in [3.8, 4) is 40.2 Å². The minimum atomic E-state index is 0.498. The van der Waals surface area contributed by atoms with Crippen LogP contribution in [-0.4, -0.2) is 29.5 Å². The molecule has 6 heteroatoms. The predicted octanol–water partition coefficient (Wildman–Crippen LogP) is 7.91. The van der Waals surface area contributed by atoms with Crippen molar-refractivity contribution >= 4 is 32.7 Å². The van der Waals surface area contributed by atoms with E-state index in [0.29, 0.717) is 29.1 Å². The van der Waals surface area contributed by atoms with Crippen LogP contribution in [0, 0.1) is 0 Å². The third kappa shape index (κ3) is 3.93. The molecule has 0 saturated carbocycles. The van der Waals surface area contributed by atoms with E-state index in [2.05, 4.69) is 41.0 Å². The Kier molecular flexibility index (Phi) is 5.35. The zero-order valence-electron chi connectivity index (χ0n) is 21.9. The minimum absolute atomic E-state index is 0.498. The van der Waals surface area contributed by atoms with Crippen molar-refractivity contribution in [2.75, 3.05) is 0 Å². The molecule has 0 aliphatic carbocycles. The van der Waals surface area contributed by atoms with Gasteiger partial charge in [-0.3, -0.25) is 4.57 Å². The molecular weight excluding hydrogens is 504 g/mol. The highest BCUT2D eigenvalue weighted by Crippen LogP contribution is 2.33. The molecule has 8 rings (SSSR count). The van der Waals surface area contributed by atoms with Crippen molar-refractivity contribution in [1.82, 2.24) is 29.5 Å². The summed E-state index contributed by atoms with van der Waals surface area (Å²) in [5.41, 5.74) is 5.38. The maximum absolute atomic E-state index is 5.18. The van der Waals surface area contributed by atoms with Crippen LogP contribution >= 0.6 is 0 Å². The summed E-state index contributed by atoms with van der Waals surface area (Å²) in [5, 5.41) is 3.18. The van der Waals surface area contributed by atoms with Gasteiger partial charge in [-0.2, -0.15) is 0 Å². The van der Waals surface area contributed by atoms with Crippen LogP contribution in [0.25, 0.3) is 73.0 Å². The van der Waals surface area contributed by atoms with E-state index in [4.69, 9.17) is 24.9 Å². The standard InChI is InChI=1S/C35H22N6/c1-3-13-23(14-4-1)32-38-33(24-15-5-2-6-16-24)40-34(39-32)31-27-19-7-10-20-28(27)36-35(37-31)41-29-21-11-8-17-25(29)26-18-9-12-22-30(26)41/h1-22H. The number of aromatic nitrogens is 6. The van der Waals surface area contributed by atoms with Crippen LogP contribution in [-0.2, 0) is 0 Å². The third-order valence-electron chi connectivity index (χ3n) is 7.28. The largest absolute Gasteiger partial charge is 0.278 e. The van der Waals surface area contributed by atoms with Crippen molar-refractivity contribution in [2.45, 2.75) is 0 Å². The van der Waals surface area contributed by atoms with Gasteiger partial charge in [0.25, 0.3) is 0 Å². The summed E-state index contributed by atoms with van der Waals surface area (Å²) in [5.74, 6) is 2.25. The van der Waals surface area contributed by atoms with Crippen LogP contribution in [0.1, 0.15) is 0 Å². The van der Waals surface area contributed by atoms with Crippen LogP contribution in [0.5, 0.6) is 0 Å². The fraction of sp³-hybridized carbons (Fsp3) is 0. The molecule has 0 N–H and O–H groups in total. The molecule has 0 aliphatic rings. The van der Waals surface area contributed by atoms with E-state index < -0.39 is 0 Å². The highest BCUT2D eigenvalue weighted by atomic mass is 15.2. The van der Waals surface area contributed by atoms with Crippen molar-refractivity contribution in [3.05, 3.63) is 133 Å². The monoisotopic (exact) mass is 526 g/mol. The van der Waals surface area contributed by atoms with Gasteiger partial charge in [0.2, 0.25) is 5.95 Å². The molecule has 3 heterocycles. The Morgan fingerprint density at radius 3 is 1.41 bits per heavy atom. The van der Waals surface area contributed by atoms with Gasteiger partial charge in [-0.05, 0) is 18.2 Å². The molecule has 6 nitrogen and oxygen atoms in total. The Balaban J connectivity index is 1.44. The molecule has 0 aliphatic heterocycles. The van der Waals surface area contributed by atoms with Crippen LogP contribution in [0.15, 0.2) is 133 Å². The number of hydrogen-bond acceptors (Lipinski definition) is 5. The Bertz CT molecular complexity index is 2090. The lowest BCUT2D eigenvalue weighted by atomic mass is 10.1. The molecule has 5 aromatic carbocycles. The second-order valence-corrected chi connectivity index (χ2v) is 9.80. The number of fused-ring (bicyclic) bond motifs is 4. The van der Waals surface area contributed by atoms with Crippen molar-refractivity contribution in [1.29, 1.82) is 0 Å². The smallest absolute Gasteiger partial charge is 0.235 e. The molecule has 0 spiro atoms. The molecular formula is C35H22N6. The number of para-hydroxylation sites is 3. The van der Waals surface area contributed by atoms with Gasteiger partial charge in [0.15, 0.2) is 17.5 Å². The lowest BCUT2D eigenvalue weighted by molar-refractivity contribution is 0.995. The zero-order valence-corrected chi connectivity index (χ0v) is 21.9. The van der Waals surface area contributed by atoms with Gasteiger partial charge in [0.05, 0.1) is 16.6 Å². The van der Waals surface area contributed by atoms with Crippen molar-refractivity contribution < 1.29 is 0 Å². The summed E-state index contributed by atoms with van der Waals surface area (Å²) in [6, 6.07) is 44.7. The van der Waals surface area contributed by atoms with Crippen LogP contribution in [0.3, 0.4) is 0 Å². The molecule has 192 valence electrons. The van der Waals surface area contributed by atoms with Crippen LogP contribution < -0.4 is 0 Å². The molecule has 0 bridgehead atoms. The van der Waals surface area contributed by atoms with Gasteiger partial charge in [0.1, 0.15) is 5.69 Å². The normalized spacial score (nSPS) is 11.4. The van der Waals surface area contributed by atoms with Gasteiger partial charge in [-0.1, -0.05) is 115 Å². The zero-order chi connectivity index (χ0) is 27.2. The molecule has 0 atom stereocenters. The first-order valence-electron chi connectivity index (χ1n) is 13.5. The topological polar surface area (TPSA) is 69.4 Å². The number of benzene rings is 5. The second kappa shape index (κ2) is 9.47. The molecule has 0 radical (unpaired) electrons. The van der Waals surface area contributed by atoms with Crippen molar-refractivity contribution in [2.24, 2.45) is 0 Å². The Labute approximate surface area is 235 Å². The first kappa shape index (κ1) is 23.2. The summed E-state index contributed by atoms with van der Waals surface area (Å²) in [7, 11) is 0. The molecule has 8 aromatic rings. The fourth-order valence-electron chi connectivity index (χ4n) is 5.39. The number of nitrogens with zero attached hydrogens (tertiary/aromatic N) is 6. The maximum Gasteiger partial charge on any atom is 0.235 e. The average molecular weight is 527 g/mol. The first-order chi connectivity index (χ1) is 20.3. The van der Waals surface area contributed by atoms with Gasteiger partial charge in [0, 0.05) is 27.3 Å². The van der Waals surface area contributed by atoms with Gasteiger partial charge >= 0.3 is 0 Å². The minimum Gasteiger partial charge on any atom is -0.278 e. The quantitative estimate of drug-likeness (QED) is 0.233. The van der Waals surface area contributed by atoms with Crippen molar-refractivity contribution in [3.63, 3.8) is 0 Å². The van der Waals surface area contributed by atoms with E-state index in [1.807, 2.05) is 97.1 Å². The molecule has 0 unspecified atom stereocenters. The highest BCUT2D eigenvalue weighted by molar-refractivity contribution is 6.09. The van der Waals surface area contributed by atoms with Gasteiger partial charge in [-0.15, -0.1) is 0 Å². The predicted molar refractivity (Wildman–Crippen MR) is 164 cm³/mol. The number of hydrogen-bond donors (Lipinski definition) is 0. The summed E-state index contributed by atoms with van der Waals surface area (Å²) in [6.07, 6.45) is 0. The van der Waals surface area contributed by atoms with E-state index in [0.717, 1.165) is 43.8 Å². The number of rotatable bonds is 4. The summed E-state index contributed by atoms with van der Waals surface area (Å²) >= 11 is 0. The fourth-order valence-corrected chi connectivity index (χ4v) is 5.39. The molecule has 41 heavy (non-hydrogen) atoms.